The third kappa shape index (κ3) is 5.76. The van der Waals surface area contributed by atoms with Crippen LogP contribution in [0.15, 0.2) is 56.5 Å². The largest absolute Gasteiger partial charge is 0.492 e. The van der Waals surface area contributed by atoms with Crippen molar-refractivity contribution in [3.05, 3.63) is 62.5 Å². The SMILES string of the molecule is CC(C)COc1ccc(/C=N\NC(=O)c2ccc(Br)cc2)cc1Br. The summed E-state index contributed by atoms with van der Waals surface area (Å²) in [5.41, 5.74) is 3.92. The molecule has 0 fully saturated rings. The van der Waals surface area contributed by atoms with Gasteiger partial charge in [-0.05, 0) is 69.9 Å². The van der Waals surface area contributed by atoms with Crippen molar-refractivity contribution in [1.29, 1.82) is 0 Å². The number of carbonyl (C=O) groups is 1. The third-order valence-electron chi connectivity index (χ3n) is 3.01. The molecule has 0 saturated heterocycles. The standard InChI is InChI=1S/C18H18Br2N2O2/c1-12(2)11-24-17-8-3-13(9-16(17)20)10-21-22-18(23)14-4-6-15(19)7-5-14/h3-10,12H,11H2,1-2H3,(H,22,23)/b21-10-. The Balaban J connectivity index is 1.95. The van der Waals surface area contributed by atoms with Gasteiger partial charge in [-0.2, -0.15) is 5.10 Å². The molecule has 0 aliphatic heterocycles. The Labute approximate surface area is 158 Å². The number of nitrogens with zero attached hydrogens (tertiary/aromatic N) is 1. The van der Waals surface area contributed by atoms with Crippen LogP contribution in [0.1, 0.15) is 29.8 Å². The summed E-state index contributed by atoms with van der Waals surface area (Å²) in [5, 5.41) is 3.99. The van der Waals surface area contributed by atoms with Crippen molar-refractivity contribution >= 4 is 44.0 Å². The van der Waals surface area contributed by atoms with Crippen LogP contribution in [0, 0.1) is 5.92 Å². The van der Waals surface area contributed by atoms with Gasteiger partial charge in [-0.15, -0.1) is 0 Å². The van der Waals surface area contributed by atoms with Crippen molar-refractivity contribution in [2.75, 3.05) is 6.61 Å². The van der Waals surface area contributed by atoms with E-state index < -0.39 is 0 Å². The summed E-state index contributed by atoms with van der Waals surface area (Å²) < 4.78 is 7.47. The van der Waals surface area contributed by atoms with E-state index in [0.29, 0.717) is 18.1 Å². The Morgan fingerprint density at radius 1 is 1.21 bits per heavy atom. The molecule has 0 atom stereocenters. The molecule has 2 aromatic carbocycles. The van der Waals surface area contributed by atoms with Gasteiger partial charge in [-0.1, -0.05) is 29.8 Å². The second-order valence-electron chi connectivity index (χ2n) is 5.60. The molecule has 2 aromatic rings. The van der Waals surface area contributed by atoms with Crippen molar-refractivity contribution in [2.45, 2.75) is 13.8 Å². The van der Waals surface area contributed by atoms with Crippen LogP contribution in [0.5, 0.6) is 5.75 Å². The number of benzene rings is 2. The second kappa shape index (κ2) is 8.99. The highest BCUT2D eigenvalue weighted by molar-refractivity contribution is 9.10. The topological polar surface area (TPSA) is 50.7 Å². The van der Waals surface area contributed by atoms with Crippen LogP contribution in [0.4, 0.5) is 0 Å². The zero-order valence-electron chi connectivity index (χ0n) is 13.4. The summed E-state index contributed by atoms with van der Waals surface area (Å²) in [7, 11) is 0. The molecule has 0 aliphatic rings. The maximum atomic E-state index is 11.9. The van der Waals surface area contributed by atoms with Gasteiger partial charge in [0.05, 0.1) is 17.3 Å². The lowest BCUT2D eigenvalue weighted by Crippen LogP contribution is -2.17. The summed E-state index contributed by atoms with van der Waals surface area (Å²) in [6, 6.07) is 12.7. The lowest BCUT2D eigenvalue weighted by molar-refractivity contribution is 0.0955. The minimum Gasteiger partial charge on any atom is -0.492 e. The van der Waals surface area contributed by atoms with Crippen LogP contribution < -0.4 is 10.2 Å². The maximum Gasteiger partial charge on any atom is 0.271 e. The van der Waals surface area contributed by atoms with Crippen molar-refractivity contribution in [2.24, 2.45) is 11.0 Å². The molecule has 0 heterocycles. The Hall–Kier alpha value is -1.66. The van der Waals surface area contributed by atoms with Crippen molar-refractivity contribution in [3.8, 4) is 5.75 Å². The number of hydrazone groups is 1. The van der Waals surface area contributed by atoms with Gasteiger partial charge in [0.15, 0.2) is 0 Å². The summed E-state index contributed by atoms with van der Waals surface area (Å²) >= 11 is 6.82. The highest BCUT2D eigenvalue weighted by atomic mass is 79.9. The van der Waals surface area contributed by atoms with Crippen LogP contribution in [0.3, 0.4) is 0 Å². The fraction of sp³-hybridized carbons (Fsp3) is 0.222. The van der Waals surface area contributed by atoms with E-state index in [1.165, 1.54) is 0 Å². The first-order valence-electron chi connectivity index (χ1n) is 7.47. The quantitative estimate of drug-likeness (QED) is 0.493. The smallest absolute Gasteiger partial charge is 0.271 e. The van der Waals surface area contributed by atoms with E-state index in [-0.39, 0.29) is 5.91 Å². The Morgan fingerprint density at radius 2 is 1.92 bits per heavy atom. The number of hydrogen-bond acceptors (Lipinski definition) is 3. The van der Waals surface area contributed by atoms with E-state index in [0.717, 1.165) is 20.3 Å². The van der Waals surface area contributed by atoms with Gasteiger partial charge in [-0.3, -0.25) is 4.79 Å². The van der Waals surface area contributed by atoms with Gasteiger partial charge in [-0.25, -0.2) is 5.43 Å². The molecule has 1 N–H and O–H groups in total. The minimum absolute atomic E-state index is 0.255. The molecular formula is C18H18Br2N2O2. The molecule has 0 saturated carbocycles. The Bertz CT molecular complexity index is 728. The van der Waals surface area contributed by atoms with Gasteiger partial charge in [0.25, 0.3) is 5.91 Å². The van der Waals surface area contributed by atoms with E-state index in [2.05, 4.69) is 56.2 Å². The van der Waals surface area contributed by atoms with Gasteiger partial charge < -0.3 is 4.74 Å². The zero-order valence-corrected chi connectivity index (χ0v) is 16.6. The number of ether oxygens (including phenoxy) is 1. The van der Waals surface area contributed by atoms with Gasteiger partial charge >= 0.3 is 0 Å². The number of rotatable bonds is 6. The first kappa shape index (κ1) is 18.7. The van der Waals surface area contributed by atoms with E-state index in [4.69, 9.17) is 4.74 Å². The zero-order chi connectivity index (χ0) is 17.5. The second-order valence-corrected chi connectivity index (χ2v) is 7.37. The lowest BCUT2D eigenvalue weighted by atomic mass is 10.2. The van der Waals surface area contributed by atoms with Gasteiger partial charge in [0.1, 0.15) is 5.75 Å². The van der Waals surface area contributed by atoms with E-state index in [1.54, 1.807) is 18.3 Å². The molecule has 4 nitrogen and oxygen atoms in total. The first-order chi connectivity index (χ1) is 11.5. The molecule has 24 heavy (non-hydrogen) atoms. The number of halogens is 2. The van der Waals surface area contributed by atoms with E-state index in [9.17, 15) is 4.79 Å². The third-order valence-corrected chi connectivity index (χ3v) is 4.16. The van der Waals surface area contributed by atoms with Gasteiger partial charge in [0, 0.05) is 10.0 Å². The monoisotopic (exact) mass is 452 g/mol. The number of hydrogen-bond donors (Lipinski definition) is 1. The fourth-order valence-electron chi connectivity index (χ4n) is 1.80. The maximum absolute atomic E-state index is 11.9. The first-order valence-corrected chi connectivity index (χ1v) is 9.05. The summed E-state index contributed by atoms with van der Waals surface area (Å²) in [6.45, 7) is 4.86. The molecule has 0 bridgehead atoms. The molecule has 0 aliphatic carbocycles. The summed E-state index contributed by atoms with van der Waals surface area (Å²) in [6.07, 6.45) is 1.59. The number of amides is 1. The van der Waals surface area contributed by atoms with Crippen molar-refractivity contribution < 1.29 is 9.53 Å². The average Bonchev–Trinajstić information content (AvgIpc) is 2.54. The average molecular weight is 454 g/mol. The highest BCUT2D eigenvalue weighted by Crippen LogP contribution is 2.26. The van der Waals surface area contributed by atoms with Crippen LogP contribution >= 0.6 is 31.9 Å². The molecule has 2 rings (SSSR count). The predicted molar refractivity (Wildman–Crippen MR) is 104 cm³/mol. The normalized spacial score (nSPS) is 11.0. The fourth-order valence-corrected chi connectivity index (χ4v) is 2.58. The summed E-state index contributed by atoms with van der Waals surface area (Å²) in [5.74, 6) is 1.00. The van der Waals surface area contributed by atoms with Crippen LogP contribution in [-0.4, -0.2) is 18.7 Å². The van der Waals surface area contributed by atoms with Crippen LogP contribution in [0.25, 0.3) is 0 Å². The van der Waals surface area contributed by atoms with Crippen LogP contribution in [-0.2, 0) is 0 Å². The minimum atomic E-state index is -0.255. The molecule has 6 heteroatoms. The molecular weight excluding hydrogens is 436 g/mol. The van der Waals surface area contributed by atoms with Crippen molar-refractivity contribution in [1.82, 2.24) is 5.43 Å². The Morgan fingerprint density at radius 3 is 2.54 bits per heavy atom. The Kier molecular flexibility index (Phi) is 6.99. The molecule has 0 spiro atoms. The number of carbonyl (C=O) groups excluding carboxylic acids is 1. The molecule has 0 radical (unpaired) electrons. The molecule has 126 valence electrons. The highest BCUT2D eigenvalue weighted by Gasteiger charge is 2.05. The lowest BCUT2D eigenvalue weighted by Gasteiger charge is -2.10. The van der Waals surface area contributed by atoms with Crippen molar-refractivity contribution in [3.63, 3.8) is 0 Å². The predicted octanol–water partition coefficient (Wildman–Crippen LogP) is 5.01. The molecule has 0 aromatic heterocycles. The van der Waals surface area contributed by atoms with Crippen LogP contribution in [0.2, 0.25) is 0 Å². The molecule has 0 unspecified atom stereocenters. The van der Waals surface area contributed by atoms with E-state index in [1.807, 2.05) is 30.3 Å². The number of nitrogens with one attached hydrogen (secondary N) is 1. The van der Waals surface area contributed by atoms with Gasteiger partial charge in [0.2, 0.25) is 0 Å². The van der Waals surface area contributed by atoms with E-state index >= 15 is 0 Å². The molecule has 1 amide bonds. The summed E-state index contributed by atoms with van der Waals surface area (Å²) in [4.78, 5) is 11.9.